The molecule has 0 atom stereocenters. The van der Waals surface area contributed by atoms with Crippen molar-refractivity contribution in [1.29, 1.82) is 5.41 Å². The summed E-state index contributed by atoms with van der Waals surface area (Å²) in [7, 11) is 0. The highest BCUT2D eigenvalue weighted by atomic mass is 32.1. The quantitative estimate of drug-likeness (QED) is 0.356. The molecule has 8 heteroatoms. The summed E-state index contributed by atoms with van der Waals surface area (Å²) in [6, 6.07) is 11.5. The summed E-state index contributed by atoms with van der Waals surface area (Å²) in [6.07, 6.45) is 0.834. The highest BCUT2D eigenvalue weighted by Gasteiger charge is 2.22. The molecule has 2 aromatic rings. The molecule has 1 aliphatic heterocycles. The number of fused-ring (bicyclic) bond motifs is 1. The van der Waals surface area contributed by atoms with Gasteiger partial charge in [-0.2, -0.15) is 5.10 Å². The van der Waals surface area contributed by atoms with Crippen molar-refractivity contribution in [2.24, 2.45) is 5.10 Å². The second-order valence-corrected chi connectivity index (χ2v) is 7.26. The van der Waals surface area contributed by atoms with Gasteiger partial charge in [-0.15, -0.1) is 11.3 Å². The zero-order valence-electron chi connectivity index (χ0n) is 14.5. The van der Waals surface area contributed by atoms with Gasteiger partial charge in [-0.1, -0.05) is 18.2 Å². The van der Waals surface area contributed by atoms with Crippen molar-refractivity contribution in [3.63, 3.8) is 0 Å². The number of anilines is 1. The number of rotatable bonds is 6. The largest absolute Gasteiger partial charge is 0.304 e. The number of benzene rings is 1. The highest BCUT2D eigenvalue weighted by Crippen LogP contribution is 2.28. The second kappa shape index (κ2) is 8.22. The number of carbonyl (C=O) groups is 1. The second-order valence-electron chi connectivity index (χ2n) is 6.12. The first kappa shape index (κ1) is 18.2. The Morgan fingerprint density at radius 3 is 2.85 bits per heavy atom. The van der Waals surface area contributed by atoms with E-state index in [4.69, 9.17) is 10.6 Å². The first-order chi connectivity index (χ1) is 12.6. The van der Waals surface area contributed by atoms with Gasteiger partial charge in [0.25, 0.3) is 5.91 Å². The van der Waals surface area contributed by atoms with E-state index in [1.54, 1.807) is 12.4 Å². The number of amides is 1. The van der Waals surface area contributed by atoms with Crippen molar-refractivity contribution < 1.29 is 10.0 Å². The molecule has 0 saturated heterocycles. The fourth-order valence-corrected chi connectivity index (χ4v) is 3.91. The van der Waals surface area contributed by atoms with E-state index in [1.807, 2.05) is 36.4 Å². The third-order valence-corrected chi connectivity index (χ3v) is 5.35. The predicted octanol–water partition coefficient (Wildman–Crippen LogP) is 2.73. The number of thiophene rings is 1. The van der Waals surface area contributed by atoms with Gasteiger partial charge in [0.1, 0.15) is 0 Å². The first-order valence-electron chi connectivity index (χ1n) is 8.28. The van der Waals surface area contributed by atoms with Crippen molar-refractivity contribution >= 4 is 34.4 Å². The lowest BCUT2D eigenvalue weighted by molar-refractivity contribution is 0.0711. The van der Waals surface area contributed by atoms with E-state index in [1.165, 1.54) is 11.3 Å². The van der Waals surface area contributed by atoms with Crippen LogP contribution < -0.4 is 10.9 Å². The van der Waals surface area contributed by atoms with Crippen molar-refractivity contribution in [3.05, 3.63) is 51.7 Å². The molecule has 7 nitrogen and oxygen atoms in total. The molecular formula is C18H21N5O2S. The average Bonchev–Trinajstić information content (AvgIpc) is 3.08. The van der Waals surface area contributed by atoms with E-state index >= 15 is 0 Å². The number of hydroxylamine groups is 1. The first-order valence-corrected chi connectivity index (χ1v) is 9.10. The van der Waals surface area contributed by atoms with E-state index < -0.39 is 5.91 Å². The van der Waals surface area contributed by atoms with Gasteiger partial charge in [-0.05, 0) is 37.1 Å². The van der Waals surface area contributed by atoms with Crippen molar-refractivity contribution in [3.8, 4) is 0 Å². The number of nitrogens with one attached hydrogen (secondary N) is 3. The van der Waals surface area contributed by atoms with Gasteiger partial charge in [0, 0.05) is 24.5 Å². The third kappa shape index (κ3) is 4.34. The molecule has 4 N–H and O–H groups in total. The fraction of sp³-hybridized carbons (Fsp3) is 0.278. The zero-order valence-corrected chi connectivity index (χ0v) is 15.3. The normalized spacial score (nSPS) is 14.6. The summed E-state index contributed by atoms with van der Waals surface area (Å²) < 4.78 is 0. The lowest BCUT2D eigenvalue weighted by Gasteiger charge is -2.26. The van der Waals surface area contributed by atoms with Gasteiger partial charge in [0.2, 0.25) is 0 Å². The van der Waals surface area contributed by atoms with Crippen LogP contribution >= 0.6 is 11.3 Å². The Labute approximate surface area is 155 Å². The van der Waals surface area contributed by atoms with Gasteiger partial charge in [-0.25, -0.2) is 5.48 Å². The molecule has 0 unspecified atom stereocenters. The molecule has 0 bridgehead atoms. The maximum absolute atomic E-state index is 11.6. The van der Waals surface area contributed by atoms with Crippen LogP contribution in [-0.4, -0.2) is 40.5 Å². The summed E-state index contributed by atoms with van der Waals surface area (Å²) in [6.45, 7) is 3.83. The Balaban J connectivity index is 1.68. The summed E-state index contributed by atoms with van der Waals surface area (Å²) in [5.41, 5.74) is 7.82. The van der Waals surface area contributed by atoms with Gasteiger partial charge < -0.3 is 5.41 Å². The smallest absolute Gasteiger partial charge is 0.284 e. The Morgan fingerprint density at radius 2 is 2.15 bits per heavy atom. The molecule has 1 aliphatic rings. The minimum Gasteiger partial charge on any atom is -0.304 e. The van der Waals surface area contributed by atoms with E-state index in [9.17, 15) is 4.79 Å². The fourth-order valence-electron chi connectivity index (χ4n) is 2.77. The Bertz CT molecular complexity index is 831. The van der Waals surface area contributed by atoms with E-state index in [2.05, 4.69) is 15.4 Å². The summed E-state index contributed by atoms with van der Waals surface area (Å²) in [5.74, 6) is -0.472. The van der Waals surface area contributed by atoms with E-state index in [-0.39, 0.29) is 0 Å². The Hall–Kier alpha value is -2.55. The summed E-state index contributed by atoms with van der Waals surface area (Å²) in [4.78, 5) is 15.4. The Kier molecular flexibility index (Phi) is 5.77. The maximum atomic E-state index is 11.6. The highest BCUT2D eigenvalue weighted by molar-refractivity contribution is 7.14. The van der Waals surface area contributed by atoms with E-state index in [0.29, 0.717) is 29.4 Å². The van der Waals surface area contributed by atoms with Crippen LogP contribution in [0, 0.1) is 5.41 Å². The monoisotopic (exact) mass is 371 g/mol. The molecule has 1 amide bonds. The van der Waals surface area contributed by atoms with Crippen LogP contribution in [0.1, 0.15) is 27.0 Å². The lowest BCUT2D eigenvalue weighted by Crippen LogP contribution is -2.36. The van der Waals surface area contributed by atoms with Gasteiger partial charge >= 0.3 is 0 Å². The third-order valence-electron chi connectivity index (χ3n) is 4.19. The summed E-state index contributed by atoms with van der Waals surface area (Å²) >= 11 is 1.39. The molecule has 136 valence electrons. The number of hydrazone groups is 1. The Morgan fingerprint density at radius 1 is 1.38 bits per heavy atom. The van der Waals surface area contributed by atoms with Crippen LogP contribution in [0.5, 0.6) is 0 Å². The SMILES string of the molecule is CC(=N)/C(CN1CCc2cc(C(=O)NO)sc2C1)=N\Nc1ccccc1. The molecule has 3 rings (SSSR count). The standard InChI is InChI=1S/C18H21N5O2S/c1-12(19)15(21-20-14-5-3-2-4-6-14)10-23-8-7-13-9-16(18(24)22-25)26-17(13)11-23/h2-6,9,19-20,25H,7-8,10-11H2,1H3,(H,22,24)/b19-12?,21-15-. The van der Waals surface area contributed by atoms with Gasteiger partial charge in [0.15, 0.2) is 0 Å². The van der Waals surface area contributed by atoms with Crippen molar-refractivity contribution in [2.75, 3.05) is 18.5 Å². The minimum absolute atomic E-state index is 0.422. The van der Waals surface area contributed by atoms with Crippen LogP contribution in [0.2, 0.25) is 0 Å². The van der Waals surface area contributed by atoms with Gasteiger partial charge in [-0.3, -0.25) is 20.3 Å². The van der Waals surface area contributed by atoms with Crippen molar-refractivity contribution in [1.82, 2.24) is 10.4 Å². The number of hydrogen-bond acceptors (Lipinski definition) is 7. The molecule has 1 aromatic carbocycles. The average molecular weight is 371 g/mol. The lowest BCUT2D eigenvalue weighted by atomic mass is 10.1. The molecule has 0 aliphatic carbocycles. The summed E-state index contributed by atoms with van der Waals surface area (Å²) in [5, 5.41) is 21.2. The predicted molar refractivity (Wildman–Crippen MR) is 103 cm³/mol. The van der Waals surface area contributed by atoms with E-state index in [0.717, 1.165) is 29.1 Å². The molecule has 2 heterocycles. The molecule has 26 heavy (non-hydrogen) atoms. The molecule has 0 saturated carbocycles. The molecule has 1 aromatic heterocycles. The van der Waals surface area contributed by atoms with Crippen LogP contribution in [0.4, 0.5) is 5.69 Å². The van der Waals surface area contributed by atoms with Crippen LogP contribution in [-0.2, 0) is 13.0 Å². The van der Waals surface area contributed by atoms with Crippen LogP contribution in [0.15, 0.2) is 41.5 Å². The molecule has 0 spiro atoms. The number of para-hydroxylation sites is 1. The topological polar surface area (TPSA) is 101 Å². The molecule has 0 fully saturated rings. The van der Waals surface area contributed by atoms with Crippen LogP contribution in [0.3, 0.4) is 0 Å². The van der Waals surface area contributed by atoms with Crippen molar-refractivity contribution in [2.45, 2.75) is 19.9 Å². The number of nitrogens with zero attached hydrogens (tertiary/aromatic N) is 2. The van der Waals surface area contributed by atoms with Gasteiger partial charge in [0.05, 0.1) is 22.0 Å². The zero-order chi connectivity index (χ0) is 18.5. The number of hydrogen-bond donors (Lipinski definition) is 4. The maximum Gasteiger partial charge on any atom is 0.284 e. The molecular weight excluding hydrogens is 350 g/mol. The number of carbonyl (C=O) groups excluding carboxylic acids is 1. The van der Waals surface area contributed by atoms with Crippen LogP contribution in [0.25, 0.3) is 0 Å². The minimum atomic E-state index is -0.472. The molecule has 0 radical (unpaired) electrons.